The number of rotatable bonds is 9. The molecule has 1 aromatic rings. The van der Waals surface area contributed by atoms with Gasteiger partial charge in [0.05, 0.1) is 12.4 Å². The predicted molar refractivity (Wildman–Crippen MR) is 106 cm³/mol. The summed E-state index contributed by atoms with van der Waals surface area (Å²) in [5.41, 5.74) is 6.25. The normalized spacial score (nSPS) is 17.7. The maximum Gasteiger partial charge on any atom is 0.552 e. The molecule has 0 radical (unpaired) electrons. The van der Waals surface area contributed by atoms with Crippen LogP contribution in [0.25, 0.3) is 0 Å². The molecule has 1 aliphatic rings. The molecule has 0 unspecified atom stereocenters. The summed E-state index contributed by atoms with van der Waals surface area (Å²) in [7, 11) is -0.811. The van der Waals surface area contributed by atoms with Gasteiger partial charge in [-0.15, -0.1) is 0 Å². The molecule has 28 heavy (non-hydrogen) atoms. The van der Waals surface area contributed by atoms with Crippen molar-refractivity contribution in [2.75, 3.05) is 0 Å². The van der Waals surface area contributed by atoms with Crippen LogP contribution in [0.1, 0.15) is 56.5 Å². The molecule has 2 rings (SSSR count). The Morgan fingerprint density at radius 3 is 2.46 bits per heavy atom. The van der Waals surface area contributed by atoms with Crippen molar-refractivity contribution in [2.45, 2.75) is 59.0 Å². The van der Waals surface area contributed by atoms with Gasteiger partial charge >= 0.3 is 13.1 Å². The molecule has 1 saturated heterocycles. The van der Waals surface area contributed by atoms with E-state index in [9.17, 15) is 14.4 Å². The van der Waals surface area contributed by atoms with Gasteiger partial charge in [0.2, 0.25) is 11.8 Å². The molecule has 2 atom stereocenters. The zero-order valence-electron chi connectivity index (χ0n) is 16.9. The summed E-state index contributed by atoms with van der Waals surface area (Å²) in [5, 5.41) is 2.91. The Balaban J connectivity index is 2.07. The molecular weight excluding hydrogens is 359 g/mol. The Bertz CT molecular complexity index is 722. The van der Waals surface area contributed by atoms with Crippen LogP contribution >= 0.6 is 0 Å². The molecule has 1 fully saturated rings. The maximum absolute atomic E-state index is 12.6. The lowest BCUT2D eigenvalue weighted by Crippen LogP contribution is -2.48. The number of primary amides is 1. The Hall–Kier alpha value is -2.35. The van der Waals surface area contributed by atoms with E-state index in [4.69, 9.17) is 15.0 Å². The first-order valence-electron chi connectivity index (χ1n) is 9.70. The second-order valence-electron chi connectivity index (χ2n) is 8.06. The number of nitrogens with one attached hydrogen (secondary N) is 1. The molecule has 0 aliphatic carbocycles. The summed E-state index contributed by atoms with van der Waals surface area (Å²) in [6.45, 7) is 8.05. The summed E-state index contributed by atoms with van der Waals surface area (Å²) in [6.07, 6.45) is 0.565. The van der Waals surface area contributed by atoms with Crippen LogP contribution in [-0.4, -0.2) is 36.9 Å². The smallest absolute Gasteiger partial charge is 0.506 e. The molecule has 1 aliphatic heterocycles. The number of carbonyl (C=O) groups excluding carboxylic acids is 3. The number of amides is 2. The van der Waals surface area contributed by atoms with Gasteiger partial charge in [-0.2, -0.15) is 0 Å². The first-order valence-corrected chi connectivity index (χ1v) is 9.70. The number of hydrogen-bond acceptors (Lipinski definition) is 5. The van der Waals surface area contributed by atoms with Gasteiger partial charge in [-0.1, -0.05) is 45.9 Å². The Morgan fingerprint density at radius 2 is 1.86 bits per heavy atom. The Kier molecular flexibility index (Phi) is 7.63. The summed E-state index contributed by atoms with van der Waals surface area (Å²) >= 11 is 0. The molecule has 0 bridgehead atoms. The molecule has 8 heteroatoms. The number of hydrogen-bond donors (Lipinski definition) is 2. The van der Waals surface area contributed by atoms with Crippen molar-refractivity contribution in [1.82, 2.24) is 5.32 Å². The van der Waals surface area contributed by atoms with E-state index in [0.717, 1.165) is 0 Å². The minimum Gasteiger partial charge on any atom is -0.506 e. The number of benzene rings is 1. The minimum atomic E-state index is -0.811. The number of nitrogens with two attached hydrogens (primary N) is 1. The van der Waals surface area contributed by atoms with Crippen LogP contribution in [0.3, 0.4) is 0 Å². The first-order chi connectivity index (χ1) is 13.2. The van der Waals surface area contributed by atoms with Crippen molar-refractivity contribution in [3.05, 3.63) is 35.4 Å². The zero-order valence-corrected chi connectivity index (χ0v) is 16.9. The molecule has 1 aromatic carbocycles. The van der Waals surface area contributed by atoms with Gasteiger partial charge in [0, 0.05) is 5.56 Å². The SMILES string of the molecule is CC(C)C[C@H](NC(=O)Cc1ccccc1C(N)=O)B1OC(=O)[C@H](CC(C)C)O1. The lowest BCUT2D eigenvalue weighted by Gasteiger charge is -2.22. The van der Waals surface area contributed by atoms with Gasteiger partial charge in [-0.25, -0.2) is 0 Å². The fourth-order valence-corrected chi connectivity index (χ4v) is 3.28. The average Bonchev–Trinajstić information content (AvgIpc) is 2.94. The van der Waals surface area contributed by atoms with Gasteiger partial charge < -0.3 is 20.4 Å². The molecule has 7 nitrogen and oxygen atoms in total. The van der Waals surface area contributed by atoms with Crippen LogP contribution in [0.4, 0.5) is 0 Å². The van der Waals surface area contributed by atoms with E-state index >= 15 is 0 Å². The molecule has 1 heterocycles. The predicted octanol–water partition coefficient (Wildman–Crippen LogP) is 1.87. The van der Waals surface area contributed by atoms with Gasteiger partial charge in [-0.05, 0) is 36.3 Å². The van der Waals surface area contributed by atoms with Crippen molar-refractivity contribution < 1.29 is 23.7 Å². The average molecular weight is 388 g/mol. The van der Waals surface area contributed by atoms with E-state index in [1.54, 1.807) is 24.3 Å². The zero-order chi connectivity index (χ0) is 20.8. The first kappa shape index (κ1) is 21.9. The summed E-state index contributed by atoms with van der Waals surface area (Å²) in [4.78, 5) is 36.3. The highest BCUT2D eigenvalue weighted by molar-refractivity contribution is 6.51. The third-order valence-corrected chi connectivity index (χ3v) is 4.51. The van der Waals surface area contributed by atoms with Crippen molar-refractivity contribution in [3.63, 3.8) is 0 Å². The molecule has 0 aromatic heterocycles. The van der Waals surface area contributed by atoms with Gasteiger partial charge in [0.15, 0.2) is 0 Å². The highest BCUT2D eigenvalue weighted by Crippen LogP contribution is 2.22. The van der Waals surface area contributed by atoms with Crippen molar-refractivity contribution in [3.8, 4) is 0 Å². The molecular formula is C20H29BN2O5. The van der Waals surface area contributed by atoms with Gasteiger partial charge in [0.25, 0.3) is 0 Å². The Labute approximate surface area is 166 Å². The van der Waals surface area contributed by atoms with Crippen LogP contribution < -0.4 is 11.1 Å². The number of carbonyl (C=O) groups is 3. The largest absolute Gasteiger partial charge is 0.552 e. The monoisotopic (exact) mass is 388 g/mol. The third kappa shape index (κ3) is 6.09. The van der Waals surface area contributed by atoms with Crippen LogP contribution in [0, 0.1) is 11.8 Å². The lowest BCUT2D eigenvalue weighted by atomic mass is 9.74. The quantitative estimate of drug-likeness (QED) is 0.628. The van der Waals surface area contributed by atoms with E-state index < -0.39 is 25.1 Å². The summed E-state index contributed by atoms with van der Waals surface area (Å²) in [6, 6.07) is 6.74. The second-order valence-corrected chi connectivity index (χ2v) is 8.06. The Morgan fingerprint density at radius 1 is 1.18 bits per heavy atom. The lowest BCUT2D eigenvalue weighted by molar-refractivity contribution is -0.136. The van der Waals surface area contributed by atoms with Crippen molar-refractivity contribution >= 4 is 24.9 Å². The maximum atomic E-state index is 12.6. The standard InChI is InChI=1S/C20H29BN2O5/c1-12(2)9-16-20(26)28-21(27-16)17(10-13(3)4)23-18(24)11-14-7-5-6-8-15(14)19(22)25/h5-8,12-13,16-17H,9-11H2,1-4H3,(H2,22,25)(H,23,24)/t16-,17-/m0/s1. The minimum absolute atomic E-state index is 0.00377. The summed E-state index contributed by atoms with van der Waals surface area (Å²) < 4.78 is 11.2. The molecule has 0 spiro atoms. The van der Waals surface area contributed by atoms with E-state index in [0.29, 0.717) is 29.9 Å². The van der Waals surface area contributed by atoms with Crippen LogP contribution in [-0.2, 0) is 25.3 Å². The topological polar surface area (TPSA) is 108 Å². The van der Waals surface area contributed by atoms with E-state index in [1.807, 2.05) is 27.7 Å². The van der Waals surface area contributed by atoms with Gasteiger partial charge in [-0.3, -0.25) is 14.4 Å². The van der Waals surface area contributed by atoms with Crippen LogP contribution in [0.2, 0.25) is 0 Å². The molecule has 2 amide bonds. The van der Waals surface area contributed by atoms with Crippen LogP contribution in [0.15, 0.2) is 24.3 Å². The van der Waals surface area contributed by atoms with E-state index in [-0.39, 0.29) is 24.2 Å². The van der Waals surface area contributed by atoms with Crippen molar-refractivity contribution in [2.24, 2.45) is 17.6 Å². The fourth-order valence-electron chi connectivity index (χ4n) is 3.28. The van der Waals surface area contributed by atoms with Crippen molar-refractivity contribution in [1.29, 1.82) is 0 Å². The molecule has 152 valence electrons. The molecule has 3 N–H and O–H groups in total. The van der Waals surface area contributed by atoms with E-state index in [1.165, 1.54) is 0 Å². The van der Waals surface area contributed by atoms with Gasteiger partial charge in [0.1, 0.15) is 6.10 Å². The fraction of sp³-hybridized carbons (Fsp3) is 0.550. The van der Waals surface area contributed by atoms with Crippen LogP contribution in [0.5, 0.6) is 0 Å². The van der Waals surface area contributed by atoms with E-state index in [2.05, 4.69) is 5.32 Å². The highest BCUT2D eigenvalue weighted by Gasteiger charge is 2.46. The summed E-state index contributed by atoms with van der Waals surface area (Å²) in [5.74, 6) is -1.16. The third-order valence-electron chi connectivity index (χ3n) is 4.51. The molecule has 0 saturated carbocycles. The highest BCUT2D eigenvalue weighted by atomic mass is 16.7. The second kappa shape index (κ2) is 9.73.